The summed E-state index contributed by atoms with van der Waals surface area (Å²) in [4.78, 5) is 18.9. The third kappa shape index (κ3) is 2.77. The van der Waals surface area contributed by atoms with Crippen LogP contribution in [0.4, 0.5) is 0 Å². The van der Waals surface area contributed by atoms with Gasteiger partial charge < -0.3 is 4.74 Å². The fraction of sp³-hybridized carbons (Fsp3) is 0.375. The molecule has 4 nitrogen and oxygen atoms in total. The Labute approximate surface area is 84.5 Å². The van der Waals surface area contributed by atoms with Gasteiger partial charge in [0.2, 0.25) is 0 Å². The molecule has 70 valence electrons. The van der Waals surface area contributed by atoms with Gasteiger partial charge in [0, 0.05) is 6.20 Å². The summed E-state index contributed by atoms with van der Waals surface area (Å²) in [6, 6.07) is 0. The van der Waals surface area contributed by atoms with Gasteiger partial charge in [0.25, 0.3) is 0 Å². The number of carbonyl (C=O) groups is 1. The van der Waals surface area contributed by atoms with Crippen molar-refractivity contribution in [3.05, 3.63) is 22.7 Å². The summed E-state index contributed by atoms with van der Waals surface area (Å²) in [5, 5.41) is 0. The van der Waals surface area contributed by atoms with Crippen LogP contribution in [0.1, 0.15) is 24.3 Å². The molecule has 0 spiro atoms. The first-order valence-corrected chi connectivity index (χ1v) is 4.57. The first kappa shape index (κ1) is 10.1. The Bertz CT molecular complexity index is 315. The van der Waals surface area contributed by atoms with Crippen molar-refractivity contribution in [3.63, 3.8) is 0 Å². The van der Waals surface area contributed by atoms with Crippen molar-refractivity contribution < 1.29 is 9.53 Å². The van der Waals surface area contributed by atoms with E-state index in [1.807, 2.05) is 0 Å². The van der Waals surface area contributed by atoms with Gasteiger partial charge in [0.05, 0.1) is 10.6 Å². The van der Waals surface area contributed by atoms with Crippen molar-refractivity contribution in [1.82, 2.24) is 9.97 Å². The third-order valence-corrected chi connectivity index (χ3v) is 1.78. The number of esters is 1. The van der Waals surface area contributed by atoms with E-state index in [2.05, 4.69) is 25.9 Å². The lowest BCUT2D eigenvalue weighted by atomic mass is 10.4. The second-order valence-electron chi connectivity index (χ2n) is 2.67. The Morgan fingerprint density at radius 1 is 1.62 bits per heavy atom. The van der Waals surface area contributed by atoms with E-state index in [9.17, 15) is 4.79 Å². The van der Waals surface area contributed by atoms with E-state index in [1.165, 1.54) is 12.5 Å². The minimum Gasteiger partial charge on any atom is -0.458 e. The fourth-order valence-electron chi connectivity index (χ4n) is 0.733. The molecule has 13 heavy (non-hydrogen) atoms. The summed E-state index contributed by atoms with van der Waals surface area (Å²) in [7, 11) is 0. The van der Waals surface area contributed by atoms with Gasteiger partial charge in [0.15, 0.2) is 5.69 Å². The van der Waals surface area contributed by atoms with Crippen LogP contribution in [-0.4, -0.2) is 22.0 Å². The van der Waals surface area contributed by atoms with Crippen LogP contribution in [0, 0.1) is 0 Å². The minimum atomic E-state index is -0.440. The van der Waals surface area contributed by atoms with Gasteiger partial charge in [-0.25, -0.2) is 14.8 Å². The topological polar surface area (TPSA) is 52.1 Å². The Kier molecular flexibility index (Phi) is 3.36. The van der Waals surface area contributed by atoms with Crippen molar-refractivity contribution in [2.45, 2.75) is 20.0 Å². The number of nitrogens with zero attached hydrogens (tertiary/aromatic N) is 2. The monoisotopic (exact) mass is 244 g/mol. The average Bonchev–Trinajstić information content (AvgIpc) is 2.03. The highest BCUT2D eigenvalue weighted by Crippen LogP contribution is 2.13. The molecule has 0 fully saturated rings. The zero-order chi connectivity index (χ0) is 9.84. The number of hydrogen-bond donors (Lipinski definition) is 0. The average molecular weight is 245 g/mol. The lowest BCUT2D eigenvalue weighted by Crippen LogP contribution is -2.13. The lowest BCUT2D eigenvalue weighted by Gasteiger charge is -2.07. The van der Waals surface area contributed by atoms with E-state index in [0.717, 1.165) is 0 Å². The molecule has 0 aliphatic heterocycles. The molecule has 0 radical (unpaired) electrons. The van der Waals surface area contributed by atoms with Crippen molar-refractivity contribution in [3.8, 4) is 0 Å². The molecule has 0 saturated carbocycles. The van der Waals surface area contributed by atoms with Gasteiger partial charge in [-0.05, 0) is 29.8 Å². The maximum atomic E-state index is 11.3. The summed E-state index contributed by atoms with van der Waals surface area (Å²) >= 11 is 3.16. The zero-order valence-corrected chi connectivity index (χ0v) is 8.91. The molecular weight excluding hydrogens is 236 g/mol. The van der Waals surface area contributed by atoms with Crippen LogP contribution in [0.15, 0.2) is 17.0 Å². The number of rotatable bonds is 2. The summed E-state index contributed by atoms with van der Waals surface area (Å²) in [5.74, 6) is -0.440. The quantitative estimate of drug-likeness (QED) is 0.745. The van der Waals surface area contributed by atoms with Crippen LogP contribution < -0.4 is 0 Å². The van der Waals surface area contributed by atoms with Gasteiger partial charge >= 0.3 is 5.97 Å². The van der Waals surface area contributed by atoms with Gasteiger partial charge in [-0.1, -0.05) is 0 Å². The summed E-state index contributed by atoms with van der Waals surface area (Å²) in [6.07, 6.45) is 2.67. The van der Waals surface area contributed by atoms with Crippen molar-refractivity contribution in [2.24, 2.45) is 0 Å². The second-order valence-corrected chi connectivity index (χ2v) is 3.53. The standard InChI is InChI=1S/C8H9BrN2O2/c1-5(2)13-8(12)7-6(9)3-10-4-11-7/h3-5H,1-2H3. The van der Waals surface area contributed by atoms with E-state index < -0.39 is 5.97 Å². The SMILES string of the molecule is CC(C)OC(=O)c1ncncc1Br. The van der Waals surface area contributed by atoms with E-state index in [1.54, 1.807) is 13.8 Å². The molecule has 0 aliphatic carbocycles. The minimum absolute atomic E-state index is 0.144. The van der Waals surface area contributed by atoms with Crippen LogP contribution in [0.5, 0.6) is 0 Å². The van der Waals surface area contributed by atoms with Crippen LogP contribution in [-0.2, 0) is 4.74 Å². The predicted molar refractivity (Wildman–Crippen MR) is 50.3 cm³/mol. The molecule has 0 saturated heterocycles. The van der Waals surface area contributed by atoms with E-state index in [0.29, 0.717) is 4.47 Å². The molecule has 0 unspecified atom stereocenters. The molecule has 0 amide bonds. The van der Waals surface area contributed by atoms with E-state index in [4.69, 9.17) is 4.74 Å². The molecular formula is C8H9BrN2O2. The van der Waals surface area contributed by atoms with Crippen molar-refractivity contribution in [2.75, 3.05) is 0 Å². The molecule has 0 aliphatic rings. The predicted octanol–water partition coefficient (Wildman–Crippen LogP) is 1.80. The molecule has 1 aromatic heterocycles. The van der Waals surface area contributed by atoms with Crippen LogP contribution >= 0.6 is 15.9 Å². The van der Waals surface area contributed by atoms with Crippen LogP contribution in [0.25, 0.3) is 0 Å². The highest BCUT2D eigenvalue weighted by molar-refractivity contribution is 9.10. The molecule has 0 bridgehead atoms. The Morgan fingerprint density at radius 3 is 2.85 bits per heavy atom. The fourth-order valence-corrected chi connectivity index (χ4v) is 1.12. The summed E-state index contributed by atoms with van der Waals surface area (Å²) in [6.45, 7) is 3.57. The van der Waals surface area contributed by atoms with Gasteiger partial charge in [-0.15, -0.1) is 0 Å². The van der Waals surface area contributed by atoms with Gasteiger partial charge in [-0.3, -0.25) is 0 Å². The number of aromatic nitrogens is 2. The number of halogens is 1. The second kappa shape index (κ2) is 4.32. The zero-order valence-electron chi connectivity index (χ0n) is 7.32. The Balaban J connectivity index is 2.83. The largest absolute Gasteiger partial charge is 0.458 e. The number of hydrogen-bond acceptors (Lipinski definition) is 4. The van der Waals surface area contributed by atoms with Crippen LogP contribution in [0.2, 0.25) is 0 Å². The van der Waals surface area contributed by atoms with Gasteiger partial charge in [-0.2, -0.15) is 0 Å². The first-order chi connectivity index (χ1) is 6.11. The molecule has 0 N–H and O–H groups in total. The van der Waals surface area contributed by atoms with Crippen LogP contribution in [0.3, 0.4) is 0 Å². The Hall–Kier alpha value is -0.970. The maximum Gasteiger partial charge on any atom is 0.358 e. The van der Waals surface area contributed by atoms with E-state index in [-0.39, 0.29) is 11.8 Å². The number of carbonyl (C=O) groups excluding carboxylic acids is 1. The highest BCUT2D eigenvalue weighted by atomic mass is 79.9. The summed E-state index contributed by atoms with van der Waals surface area (Å²) in [5.41, 5.74) is 0.253. The molecule has 0 aromatic carbocycles. The lowest BCUT2D eigenvalue weighted by molar-refractivity contribution is 0.0369. The summed E-state index contributed by atoms with van der Waals surface area (Å²) < 4.78 is 5.50. The van der Waals surface area contributed by atoms with Crippen molar-refractivity contribution >= 4 is 21.9 Å². The number of ether oxygens (including phenoxy) is 1. The molecule has 0 atom stereocenters. The highest BCUT2D eigenvalue weighted by Gasteiger charge is 2.13. The molecule has 1 heterocycles. The van der Waals surface area contributed by atoms with E-state index >= 15 is 0 Å². The molecule has 1 aromatic rings. The van der Waals surface area contributed by atoms with Gasteiger partial charge in [0.1, 0.15) is 6.33 Å². The Morgan fingerprint density at radius 2 is 2.31 bits per heavy atom. The third-order valence-electron chi connectivity index (χ3n) is 1.20. The first-order valence-electron chi connectivity index (χ1n) is 3.77. The smallest absolute Gasteiger partial charge is 0.358 e. The molecule has 5 heteroatoms. The normalized spacial score (nSPS) is 10.2. The molecule has 1 rings (SSSR count). The van der Waals surface area contributed by atoms with Crippen molar-refractivity contribution in [1.29, 1.82) is 0 Å². The maximum absolute atomic E-state index is 11.3.